The number of hydrogen-bond acceptors (Lipinski definition) is 3. The Morgan fingerprint density at radius 2 is 1.06 bits per heavy atom. The quantitative estimate of drug-likeness (QED) is 0.183. The van der Waals surface area contributed by atoms with Crippen molar-refractivity contribution in [1.82, 2.24) is 0 Å². The molecule has 0 radical (unpaired) electrons. The molecule has 0 unspecified atom stereocenters. The minimum Gasteiger partial charge on any atom is -0.456 e. The van der Waals surface area contributed by atoms with E-state index in [1.54, 1.807) is 0 Å². The van der Waals surface area contributed by atoms with Gasteiger partial charge in [-0.2, -0.15) is 0 Å². The number of rotatable bonds is 5. The Labute approximate surface area is 295 Å². The van der Waals surface area contributed by atoms with Crippen LogP contribution in [0.1, 0.15) is 25.0 Å². The first-order valence-corrected chi connectivity index (χ1v) is 18.0. The molecule has 238 valence electrons. The third-order valence-electron chi connectivity index (χ3n) is 10.5. The number of benzene rings is 7. The van der Waals surface area contributed by atoms with Crippen LogP contribution in [-0.2, 0) is 5.41 Å². The molecule has 0 N–H and O–H groups in total. The van der Waals surface area contributed by atoms with Gasteiger partial charge in [0.05, 0.1) is 0 Å². The molecular weight excluding hydrogens is 627 g/mol. The lowest BCUT2D eigenvalue weighted by Crippen LogP contribution is -2.14. The van der Waals surface area contributed by atoms with Crippen LogP contribution in [0.25, 0.3) is 64.7 Å². The van der Waals surface area contributed by atoms with Gasteiger partial charge in [-0.1, -0.05) is 117 Å². The fourth-order valence-corrected chi connectivity index (χ4v) is 9.38. The standard InChI is InChI=1S/C47H33NOS/c1-47(2)41-27-20-33(28-40(41)46-45(47)39-13-7-9-15-44(39)50-46)32-18-23-35(24-19-32)48(34-21-16-31(17-22-34)30-10-4-3-5-11-30)36-25-26-38-37-12-6-8-14-42(37)49-43(38)29-36/h3-29H,1-2H3. The molecule has 0 amide bonds. The molecule has 0 saturated heterocycles. The van der Waals surface area contributed by atoms with Gasteiger partial charge in [-0.3, -0.25) is 0 Å². The van der Waals surface area contributed by atoms with Crippen LogP contribution in [0.3, 0.4) is 0 Å². The summed E-state index contributed by atoms with van der Waals surface area (Å²) in [5.74, 6) is 0. The monoisotopic (exact) mass is 659 g/mol. The molecule has 0 spiro atoms. The normalized spacial score (nSPS) is 13.2. The first kappa shape index (κ1) is 29.1. The fourth-order valence-electron chi connectivity index (χ4n) is 7.98. The summed E-state index contributed by atoms with van der Waals surface area (Å²) in [6.45, 7) is 4.74. The summed E-state index contributed by atoms with van der Waals surface area (Å²) in [4.78, 5) is 3.73. The highest BCUT2D eigenvalue weighted by Crippen LogP contribution is 2.56. The summed E-state index contributed by atoms with van der Waals surface area (Å²) in [6, 6.07) is 59.1. The van der Waals surface area contributed by atoms with E-state index in [9.17, 15) is 0 Å². The zero-order valence-corrected chi connectivity index (χ0v) is 28.7. The maximum atomic E-state index is 6.34. The second-order valence-corrected chi connectivity index (χ2v) is 14.8. The van der Waals surface area contributed by atoms with Crippen molar-refractivity contribution in [2.24, 2.45) is 0 Å². The van der Waals surface area contributed by atoms with E-state index in [1.807, 2.05) is 23.5 Å². The number of para-hydroxylation sites is 1. The van der Waals surface area contributed by atoms with E-state index in [2.05, 4.69) is 170 Å². The Kier molecular flexibility index (Phi) is 6.43. The van der Waals surface area contributed by atoms with Crippen molar-refractivity contribution in [3.8, 4) is 32.7 Å². The van der Waals surface area contributed by atoms with Crippen molar-refractivity contribution in [2.75, 3.05) is 4.90 Å². The van der Waals surface area contributed by atoms with E-state index in [1.165, 1.54) is 53.9 Å². The van der Waals surface area contributed by atoms with Gasteiger partial charge in [0, 0.05) is 48.9 Å². The summed E-state index contributed by atoms with van der Waals surface area (Å²) in [6.07, 6.45) is 0. The van der Waals surface area contributed by atoms with Crippen molar-refractivity contribution in [3.63, 3.8) is 0 Å². The zero-order valence-electron chi connectivity index (χ0n) is 27.9. The van der Waals surface area contributed by atoms with Crippen LogP contribution in [0.5, 0.6) is 0 Å². The van der Waals surface area contributed by atoms with E-state index in [-0.39, 0.29) is 5.41 Å². The number of furan rings is 1. The second kappa shape index (κ2) is 11.1. The minimum atomic E-state index is -0.0236. The molecule has 2 heterocycles. The molecule has 1 aliphatic rings. The van der Waals surface area contributed by atoms with Gasteiger partial charge in [0.2, 0.25) is 0 Å². The first-order valence-electron chi connectivity index (χ1n) is 17.2. The molecular formula is C47H33NOS. The molecule has 0 atom stereocenters. The molecule has 0 saturated carbocycles. The topological polar surface area (TPSA) is 16.4 Å². The van der Waals surface area contributed by atoms with Gasteiger partial charge in [-0.15, -0.1) is 11.3 Å². The maximum absolute atomic E-state index is 6.34. The van der Waals surface area contributed by atoms with E-state index in [0.717, 1.165) is 39.0 Å². The van der Waals surface area contributed by atoms with Crippen molar-refractivity contribution in [1.29, 1.82) is 0 Å². The number of fused-ring (bicyclic) bond motifs is 8. The summed E-state index contributed by atoms with van der Waals surface area (Å²) in [5, 5.41) is 3.65. The van der Waals surface area contributed by atoms with Crippen LogP contribution in [0.15, 0.2) is 168 Å². The highest BCUT2D eigenvalue weighted by Gasteiger charge is 2.38. The van der Waals surface area contributed by atoms with Crippen LogP contribution in [0.4, 0.5) is 17.1 Å². The Balaban J connectivity index is 1.06. The number of hydrogen-bond donors (Lipinski definition) is 0. The smallest absolute Gasteiger partial charge is 0.137 e. The second-order valence-electron chi connectivity index (χ2n) is 13.8. The highest BCUT2D eigenvalue weighted by molar-refractivity contribution is 7.22. The van der Waals surface area contributed by atoms with Gasteiger partial charge in [0.1, 0.15) is 11.2 Å². The predicted molar refractivity (Wildman–Crippen MR) is 212 cm³/mol. The molecule has 0 fully saturated rings. The minimum absolute atomic E-state index is 0.0236. The van der Waals surface area contributed by atoms with Gasteiger partial charge >= 0.3 is 0 Å². The third kappa shape index (κ3) is 4.47. The number of thiophene rings is 1. The number of anilines is 3. The van der Waals surface area contributed by atoms with Crippen LogP contribution >= 0.6 is 11.3 Å². The van der Waals surface area contributed by atoms with Crippen molar-refractivity contribution in [2.45, 2.75) is 19.3 Å². The Bertz CT molecular complexity index is 2710. The molecule has 50 heavy (non-hydrogen) atoms. The summed E-state index contributed by atoms with van der Waals surface area (Å²) in [7, 11) is 0. The van der Waals surface area contributed by atoms with Crippen molar-refractivity contribution >= 4 is 60.4 Å². The van der Waals surface area contributed by atoms with Gasteiger partial charge < -0.3 is 9.32 Å². The lowest BCUT2D eigenvalue weighted by Gasteiger charge is -2.26. The van der Waals surface area contributed by atoms with Crippen LogP contribution in [0.2, 0.25) is 0 Å². The molecule has 2 aromatic heterocycles. The molecule has 1 aliphatic carbocycles. The van der Waals surface area contributed by atoms with Crippen LogP contribution in [-0.4, -0.2) is 0 Å². The first-order chi connectivity index (χ1) is 24.5. The fraction of sp³-hybridized carbons (Fsp3) is 0.0638. The maximum Gasteiger partial charge on any atom is 0.137 e. The number of nitrogens with zero attached hydrogens (tertiary/aromatic N) is 1. The van der Waals surface area contributed by atoms with Gasteiger partial charge in [-0.25, -0.2) is 0 Å². The molecule has 0 bridgehead atoms. The lowest BCUT2D eigenvalue weighted by molar-refractivity contribution is 0.667. The predicted octanol–water partition coefficient (Wildman–Crippen LogP) is 13.9. The Morgan fingerprint density at radius 3 is 1.82 bits per heavy atom. The SMILES string of the molecule is CC1(C)c2ccc(-c3ccc(N(c4ccc(-c5ccccc5)cc4)c4ccc5c(c4)oc4ccccc45)cc3)cc2-c2sc3ccccc3c21. The van der Waals surface area contributed by atoms with Gasteiger partial charge in [-0.05, 0) is 98.9 Å². The van der Waals surface area contributed by atoms with Crippen molar-refractivity contribution in [3.05, 3.63) is 175 Å². The van der Waals surface area contributed by atoms with Crippen LogP contribution < -0.4 is 4.90 Å². The molecule has 10 rings (SSSR count). The molecule has 9 aromatic rings. The zero-order chi connectivity index (χ0) is 33.4. The highest BCUT2D eigenvalue weighted by atomic mass is 32.1. The average molecular weight is 660 g/mol. The van der Waals surface area contributed by atoms with Gasteiger partial charge in [0.15, 0.2) is 0 Å². The summed E-state index contributed by atoms with van der Waals surface area (Å²) >= 11 is 1.92. The molecule has 0 aliphatic heterocycles. The van der Waals surface area contributed by atoms with E-state index >= 15 is 0 Å². The van der Waals surface area contributed by atoms with Crippen molar-refractivity contribution < 1.29 is 4.42 Å². The lowest BCUT2D eigenvalue weighted by atomic mass is 9.81. The average Bonchev–Trinajstić information content (AvgIpc) is 3.81. The Morgan fingerprint density at radius 1 is 0.480 bits per heavy atom. The van der Waals surface area contributed by atoms with E-state index < -0.39 is 0 Å². The molecule has 7 aromatic carbocycles. The summed E-state index contributed by atoms with van der Waals surface area (Å²) in [5.41, 5.74) is 14.1. The Hall–Kier alpha value is -5.90. The third-order valence-corrected chi connectivity index (χ3v) is 11.7. The molecule has 3 heteroatoms. The largest absolute Gasteiger partial charge is 0.456 e. The van der Waals surface area contributed by atoms with E-state index in [4.69, 9.17) is 4.42 Å². The van der Waals surface area contributed by atoms with E-state index in [0.29, 0.717) is 0 Å². The van der Waals surface area contributed by atoms with Gasteiger partial charge in [0.25, 0.3) is 0 Å². The van der Waals surface area contributed by atoms with Crippen LogP contribution in [0, 0.1) is 0 Å². The molecule has 2 nitrogen and oxygen atoms in total. The summed E-state index contributed by atoms with van der Waals surface area (Å²) < 4.78 is 7.70.